The van der Waals surface area contributed by atoms with E-state index in [2.05, 4.69) is 15.1 Å². The molecule has 3 heterocycles. The van der Waals surface area contributed by atoms with Crippen LogP contribution in [0.2, 0.25) is 0 Å². The first kappa shape index (κ1) is 17.7. The van der Waals surface area contributed by atoms with Crippen molar-refractivity contribution in [1.29, 1.82) is 0 Å². The Balaban J connectivity index is 1.43. The van der Waals surface area contributed by atoms with Crippen molar-refractivity contribution in [2.24, 2.45) is 11.5 Å². The molecule has 0 bridgehead atoms. The summed E-state index contributed by atoms with van der Waals surface area (Å²) in [6.45, 7) is 1.25. The molecule has 0 spiro atoms. The van der Waals surface area contributed by atoms with Gasteiger partial charge in [0.05, 0.1) is 5.69 Å². The minimum Gasteiger partial charge on any atom is -0.364 e. The Morgan fingerprint density at radius 2 is 2.23 bits per heavy atom. The van der Waals surface area contributed by atoms with Crippen LogP contribution < -0.4 is 11.5 Å². The Bertz CT molecular complexity index is 792. The molecule has 2 aliphatic heterocycles. The van der Waals surface area contributed by atoms with Crippen molar-refractivity contribution in [1.82, 2.24) is 15.1 Å². The zero-order chi connectivity index (χ0) is 18.4. The van der Waals surface area contributed by atoms with Crippen molar-refractivity contribution >= 4 is 17.7 Å². The molecule has 4 atom stereocenters. The molecule has 4 rings (SSSR count). The fourth-order valence-corrected chi connectivity index (χ4v) is 5.46. The highest BCUT2D eigenvalue weighted by atomic mass is 32.2. The van der Waals surface area contributed by atoms with Crippen LogP contribution in [0.15, 0.2) is 23.6 Å². The molecule has 0 saturated carbocycles. The van der Waals surface area contributed by atoms with E-state index < -0.39 is 12.1 Å². The predicted octanol–water partition coefficient (Wildman–Crippen LogP) is 1.55. The monoisotopic (exact) mass is 381 g/mol. The number of nitrogens with zero attached hydrogens (tertiary/aromatic N) is 2. The van der Waals surface area contributed by atoms with Crippen molar-refractivity contribution in [3.8, 4) is 0 Å². The van der Waals surface area contributed by atoms with Gasteiger partial charge in [-0.3, -0.25) is 14.8 Å². The summed E-state index contributed by atoms with van der Waals surface area (Å²) in [5.74, 6) is -0.117. The summed E-state index contributed by atoms with van der Waals surface area (Å²) >= 11 is 1.57. The molecule has 1 fully saturated rings. The molecule has 26 heavy (non-hydrogen) atoms. The highest BCUT2D eigenvalue weighted by Crippen LogP contribution is 2.39. The number of nitrogens with two attached hydrogens (primary N) is 2. The van der Waals surface area contributed by atoms with Gasteiger partial charge in [-0.05, 0) is 18.6 Å². The molecule has 0 radical (unpaired) electrons. The number of nitrogens with one attached hydrogen (secondary N) is 1. The maximum absolute atomic E-state index is 14.1. The second-order valence-corrected chi connectivity index (χ2v) is 8.21. The molecule has 9 heteroatoms. The molecule has 1 amide bonds. The number of carbonyl (C=O) groups excluding carboxylic acids is 1. The molecule has 3 aliphatic rings. The van der Waals surface area contributed by atoms with Gasteiger partial charge >= 0.3 is 0 Å². The van der Waals surface area contributed by atoms with E-state index in [0.717, 1.165) is 17.0 Å². The number of fused-ring (bicyclic) bond motifs is 1. The summed E-state index contributed by atoms with van der Waals surface area (Å²) in [4.78, 5) is 13.7. The molecule has 0 aromatic carbocycles. The van der Waals surface area contributed by atoms with Gasteiger partial charge in [0.15, 0.2) is 5.69 Å². The van der Waals surface area contributed by atoms with Crippen LogP contribution in [-0.2, 0) is 13.1 Å². The van der Waals surface area contributed by atoms with Gasteiger partial charge in [-0.2, -0.15) is 16.9 Å². The van der Waals surface area contributed by atoms with E-state index in [0.29, 0.717) is 30.8 Å². The summed E-state index contributed by atoms with van der Waals surface area (Å²) in [6, 6.07) is -0.0627. The normalized spacial score (nSPS) is 32.1. The fraction of sp³-hybridized carbons (Fsp3) is 0.529. The maximum atomic E-state index is 14.1. The first-order valence-corrected chi connectivity index (χ1v) is 9.68. The number of carbonyl (C=O) groups is 1. The van der Waals surface area contributed by atoms with Crippen LogP contribution in [0, 0.1) is 0 Å². The second kappa shape index (κ2) is 6.79. The summed E-state index contributed by atoms with van der Waals surface area (Å²) < 4.78 is 27.8. The number of hydrogen-bond donors (Lipinski definition) is 3. The van der Waals surface area contributed by atoms with E-state index in [-0.39, 0.29) is 29.6 Å². The van der Waals surface area contributed by atoms with E-state index >= 15 is 0 Å². The van der Waals surface area contributed by atoms with Crippen LogP contribution in [0.25, 0.3) is 0 Å². The topological polar surface area (TPSA) is 101 Å². The van der Waals surface area contributed by atoms with Crippen LogP contribution >= 0.6 is 11.8 Å². The lowest BCUT2D eigenvalue weighted by molar-refractivity contribution is 0.0993. The van der Waals surface area contributed by atoms with Crippen LogP contribution in [0.3, 0.4) is 0 Å². The number of alkyl halides is 1. The van der Waals surface area contributed by atoms with Crippen molar-refractivity contribution in [3.05, 3.63) is 40.5 Å². The molecule has 4 unspecified atom stereocenters. The molecule has 1 aliphatic carbocycles. The largest absolute Gasteiger partial charge is 0.364 e. The minimum atomic E-state index is -1.14. The van der Waals surface area contributed by atoms with Gasteiger partial charge in [0.2, 0.25) is 0 Å². The smallest absolute Gasteiger partial charge is 0.269 e. The molecular weight excluding hydrogens is 360 g/mol. The van der Waals surface area contributed by atoms with E-state index in [4.69, 9.17) is 11.5 Å². The number of aromatic amines is 1. The molecule has 1 saturated heterocycles. The van der Waals surface area contributed by atoms with E-state index in [9.17, 15) is 13.6 Å². The van der Waals surface area contributed by atoms with Crippen LogP contribution in [0.1, 0.15) is 34.6 Å². The summed E-state index contributed by atoms with van der Waals surface area (Å²) in [7, 11) is 0. The number of aromatic nitrogens is 2. The molecular formula is C17H21F2N5OS. The SMILES string of the molecule is NC(=O)c1n[nH]c2c1CN(C1CSC(C3=CC(F)CC=C3F)C(N)C1)C2. The summed E-state index contributed by atoms with van der Waals surface area (Å²) in [5, 5.41) is 6.62. The van der Waals surface area contributed by atoms with Crippen molar-refractivity contribution in [2.45, 2.75) is 49.4 Å². The number of allylic oxidation sites excluding steroid dienone is 3. The number of amides is 1. The van der Waals surface area contributed by atoms with E-state index in [1.165, 1.54) is 12.2 Å². The van der Waals surface area contributed by atoms with Gasteiger partial charge in [-0.25, -0.2) is 8.78 Å². The van der Waals surface area contributed by atoms with Gasteiger partial charge < -0.3 is 11.5 Å². The zero-order valence-corrected chi connectivity index (χ0v) is 14.9. The lowest BCUT2D eigenvalue weighted by Gasteiger charge is -2.39. The van der Waals surface area contributed by atoms with Crippen LogP contribution in [-0.4, -0.2) is 50.3 Å². The fourth-order valence-electron chi connectivity index (χ4n) is 3.95. The van der Waals surface area contributed by atoms with E-state index in [1.54, 1.807) is 11.8 Å². The first-order valence-electron chi connectivity index (χ1n) is 8.63. The second-order valence-electron chi connectivity index (χ2n) is 7.03. The Morgan fingerprint density at radius 3 is 2.96 bits per heavy atom. The maximum Gasteiger partial charge on any atom is 0.269 e. The van der Waals surface area contributed by atoms with Gasteiger partial charge in [-0.1, -0.05) is 0 Å². The lowest BCUT2D eigenvalue weighted by Crippen LogP contribution is -2.48. The Hall–Kier alpha value is -1.71. The number of hydrogen-bond acceptors (Lipinski definition) is 5. The molecule has 5 N–H and O–H groups in total. The number of thioether (sulfide) groups is 1. The third-order valence-corrected chi connectivity index (χ3v) is 6.83. The van der Waals surface area contributed by atoms with Crippen molar-refractivity contribution < 1.29 is 13.6 Å². The average Bonchev–Trinajstić information content (AvgIpc) is 3.17. The number of rotatable bonds is 3. The highest BCUT2D eigenvalue weighted by molar-refractivity contribution is 8.00. The Kier molecular flexibility index (Phi) is 4.62. The number of H-pyrrole nitrogens is 1. The Morgan fingerprint density at radius 1 is 1.42 bits per heavy atom. The zero-order valence-electron chi connectivity index (χ0n) is 14.1. The van der Waals surface area contributed by atoms with Gasteiger partial charge in [0.25, 0.3) is 5.91 Å². The predicted molar refractivity (Wildman–Crippen MR) is 95.8 cm³/mol. The van der Waals surface area contributed by atoms with Crippen molar-refractivity contribution in [3.63, 3.8) is 0 Å². The quantitative estimate of drug-likeness (QED) is 0.737. The van der Waals surface area contributed by atoms with Crippen LogP contribution in [0.5, 0.6) is 0 Å². The van der Waals surface area contributed by atoms with Gasteiger partial charge in [0, 0.05) is 53.7 Å². The van der Waals surface area contributed by atoms with Gasteiger partial charge in [-0.15, -0.1) is 0 Å². The third-order valence-electron chi connectivity index (χ3n) is 5.29. The molecule has 140 valence electrons. The lowest BCUT2D eigenvalue weighted by atomic mass is 9.94. The number of primary amides is 1. The summed E-state index contributed by atoms with van der Waals surface area (Å²) in [6.07, 6.45) is 2.32. The minimum absolute atomic E-state index is 0.0896. The first-order chi connectivity index (χ1) is 12.4. The molecule has 1 aromatic rings. The van der Waals surface area contributed by atoms with Crippen molar-refractivity contribution in [2.75, 3.05) is 5.75 Å². The molecule has 6 nitrogen and oxygen atoms in total. The third kappa shape index (κ3) is 3.08. The van der Waals surface area contributed by atoms with Gasteiger partial charge in [0.1, 0.15) is 12.0 Å². The van der Waals surface area contributed by atoms with Crippen LogP contribution in [0.4, 0.5) is 8.78 Å². The standard InChI is InChI=1S/C17H21F2N5OS/c18-8-1-2-12(19)10(3-8)16-13(20)4-9(7-26-16)24-5-11-14(6-24)22-23-15(11)17(21)25/h2-3,8-9,13,16H,1,4-7,20H2,(H2,21,25)(H,22,23). The average molecular weight is 381 g/mol. The number of halogens is 2. The molecule has 1 aromatic heterocycles. The summed E-state index contributed by atoms with van der Waals surface area (Å²) in [5.41, 5.74) is 14.1. The highest BCUT2D eigenvalue weighted by Gasteiger charge is 2.38. The van der Waals surface area contributed by atoms with E-state index in [1.807, 2.05) is 0 Å². The Labute approximate surface area is 154 Å².